The fourth-order valence-corrected chi connectivity index (χ4v) is 1.47. The SMILES string of the molecule is CC(C)(CCO)NC1=CC(=O)CC1. The van der Waals surface area contributed by atoms with Crippen LogP contribution in [0.3, 0.4) is 0 Å². The average molecular weight is 183 g/mol. The second kappa shape index (κ2) is 3.92. The highest BCUT2D eigenvalue weighted by Gasteiger charge is 2.20. The van der Waals surface area contributed by atoms with Crippen molar-refractivity contribution in [1.82, 2.24) is 5.32 Å². The molecule has 0 fully saturated rings. The standard InChI is InChI=1S/C10H17NO2/c1-10(2,5-6-12)11-8-3-4-9(13)7-8/h7,11-12H,3-6H2,1-2H3. The Kier molecular flexibility index (Phi) is 3.09. The summed E-state index contributed by atoms with van der Waals surface area (Å²) in [5.74, 6) is 0.197. The average Bonchev–Trinajstić information content (AvgIpc) is 2.34. The van der Waals surface area contributed by atoms with E-state index in [1.807, 2.05) is 13.8 Å². The van der Waals surface area contributed by atoms with E-state index in [1.54, 1.807) is 6.08 Å². The summed E-state index contributed by atoms with van der Waals surface area (Å²) in [4.78, 5) is 10.9. The van der Waals surface area contributed by atoms with Crippen molar-refractivity contribution in [3.63, 3.8) is 0 Å². The lowest BCUT2D eigenvalue weighted by molar-refractivity contribution is -0.114. The van der Waals surface area contributed by atoms with E-state index in [2.05, 4.69) is 5.32 Å². The van der Waals surface area contributed by atoms with Gasteiger partial charge in [0.1, 0.15) is 0 Å². The van der Waals surface area contributed by atoms with Crippen LogP contribution in [0.25, 0.3) is 0 Å². The third-order valence-corrected chi connectivity index (χ3v) is 2.21. The van der Waals surface area contributed by atoms with E-state index in [4.69, 9.17) is 5.11 Å². The fraction of sp³-hybridized carbons (Fsp3) is 0.700. The predicted octanol–water partition coefficient (Wildman–Crippen LogP) is 0.984. The zero-order chi connectivity index (χ0) is 9.90. The molecule has 0 saturated carbocycles. The summed E-state index contributed by atoms with van der Waals surface area (Å²) in [6.07, 6.45) is 3.79. The lowest BCUT2D eigenvalue weighted by Crippen LogP contribution is -2.38. The summed E-state index contributed by atoms with van der Waals surface area (Å²) in [7, 11) is 0. The number of aliphatic hydroxyl groups excluding tert-OH is 1. The Balaban J connectivity index is 2.48. The van der Waals surface area contributed by atoms with Crippen LogP contribution in [0.2, 0.25) is 0 Å². The monoisotopic (exact) mass is 183 g/mol. The van der Waals surface area contributed by atoms with Crippen molar-refractivity contribution < 1.29 is 9.90 Å². The lowest BCUT2D eigenvalue weighted by atomic mass is 10.0. The number of carbonyl (C=O) groups is 1. The Morgan fingerprint density at radius 2 is 2.23 bits per heavy atom. The molecule has 1 aliphatic rings. The highest BCUT2D eigenvalue weighted by molar-refractivity contribution is 5.92. The molecule has 0 spiro atoms. The number of allylic oxidation sites excluding steroid dienone is 2. The van der Waals surface area contributed by atoms with Gasteiger partial charge in [-0.25, -0.2) is 0 Å². The maximum Gasteiger partial charge on any atom is 0.157 e. The molecule has 0 aromatic heterocycles. The minimum atomic E-state index is -0.120. The van der Waals surface area contributed by atoms with Gasteiger partial charge in [0.25, 0.3) is 0 Å². The van der Waals surface area contributed by atoms with Crippen LogP contribution in [0.1, 0.15) is 33.1 Å². The number of carbonyl (C=O) groups excluding carboxylic acids is 1. The van der Waals surface area contributed by atoms with Crippen LogP contribution in [0, 0.1) is 0 Å². The second-order valence-electron chi connectivity index (χ2n) is 4.12. The van der Waals surface area contributed by atoms with E-state index in [0.29, 0.717) is 12.8 Å². The largest absolute Gasteiger partial charge is 0.396 e. The zero-order valence-corrected chi connectivity index (χ0v) is 8.26. The first-order valence-corrected chi connectivity index (χ1v) is 4.66. The Hall–Kier alpha value is -0.830. The van der Waals surface area contributed by atoms with Crippen LogP contribution in [0.4, 0.5) is 0 Å². The molecule has 0 radical (unpaired) electrons. The van der Waals surface area contributed by atoms with E-state index >= 15 is 0 Å². The quantitative estimate of drug-likeness (QED) is 0.683. The zero-order valence-electron chi connectivity index (χ0n) is 8.26. The number of nitrogens with one attached hydrogen (secondary N) is 1. The molecule has 0 unspecified atom stereocenters. The molecule has 0 amide bonds. The highest BCUT2D eigenvalue weighted by atomic mass is 16.3. The topological polar surface area (TPSA) is 49.3 Å². The van der Waals surface area contributed by atoms with Gasteiger partial charge >= 0.3 is 0 Å². The van der Waals surface area contributed by atoms with Crippen molar-refractivity contribution in [3.8, 4) is 0 Å². The molecule has 74 valence electrons. The molecule has 0 heterocycles. The highest BCUT2D eigenvalue weighted by Crippen LogP contribution is 2.17. The summed E-state index contributed by atoms with van der Waals surface area (Å²) in [5.41, 5.74) is 0.883. The fourth-order valence-electron chi connectivity index (χ4n) is 1.47. The molecule has 2 N–H and O–H groups in total. The van der Waals surface area contributed by atoms with Crippen LogP contribution in [-0.2, 0) is 4.79 Å². The first-order valence-electron chi connectivity index (χ1n) is 4.66. The number of ketones is 1. The molecule has 0 saturated heterocycles. The third-order valence-electron chi connectivity index (χ3n) is 2.21. The normalized spacial score (nSPS) is 17.5. The van der Waals surface area contributed by atoms with Crippen LogP contribution >= 0.6 is 0 Å². The van der Waals surface area contributed by atoms with Gasteiger partial charge in [0.2, 0.25) is 0 Å². The molecular weight excluding hydrogens is 166 g/mol. The molecule has 3 nitrogen and oxygen atoms in total. The summed E-state index contributed by atoms with van der Waals surface area (Å²) in [6.45, 7) is 4.21. The maximum absolute atomic E-state index is 10.9. The maximum atomic E-state index is 10.9. The lowest BCUT2D eigenvalue weighted by Gasteiger charge is -2.27. The van der Waals surface area contributed by atoms with E-state index in [0.717, 1.165) is 12.1 Å². The van der Waals surface area contributed by atoms with Crippen molar-refractivity contribution in [3.05, 3.63) is 11.8 Å². The molecule has 0 aliphatic heterocycles. The minimum Gasteiger partial charge on any atom is -0.396 e. The molecule has 0 aromatic rings. The van der Waals surface area contributed by atoms with Crippen LogP contribution in [0.15, 0.2) is 11.8 Å². The van der Waals surface area contributed by atoms with E-state index < -0.39 is 0 Å². The Morgan fingerprint density at radius 3 is 2.69 bits per heavy atom. The number of hydrogen-bond acceptors (Lipinski definition) is 3. The Morgan fingerprint density at radius 1 is 1.54 bits per heavy atom. The van der Waals surface area contributed by atoms with Crippen molar-refractivity contribution in [2.45, 2.75) is 38.6 Å². The smallest absolute Gasteiger partial charge is 0.157 e. The van der Waals surface area contributed by atoms with Crippen molar-refractivity contribution in [1.29, 1.82) is 0 Å². The summed E-state index contributed by atoms with van der Waals surface area (Å²) in [5, 5.41) is 12.1. The van der Waals surface area contributed by atoms with Gasteiger partial charge in [-0.15, -0.1) is 0 Å². The summed E-state index contributed by atoms with van der Waals surface area (Å²) in [6, 6.07) is 0. The Bertz CT molecular complexity index is 231. The molecule has 0 atom stereocenters. The van der Waals surface area contributed by atoms with Gasteiger partial charge in [-0.3, -0.25) is 4.79 Å². The summed E-state index contributed by atoms with van der Waals surface area (Å²) < 4.78 is 0. The number of rotatable bonds is 4. The number of hydrogen-bond donors (Lipinski definition) is 2. The van der Waals surface area contributed by atoms with E-state index in [1.165, 1.54) is 0 Å². The molecule has 1 aliphatic carbocycles. The minimum absolute atomic E-state index is 0.120. The van der Waals surface area contributed by atoms with Crippen molar-refractivity contribution >= 4 is 5.78 Å². The Labute approximate surface area is 78.8 Å². The third kappa shape index (κ3) is 3.19. The van der Waals surface area contributed by atoms with Gasteiger partial charge in [0.05, 0.1) is 0 Å². The second-order valence-corrected chi connectivity index (χ2v) is 4.12. The molecule has 3 heteroatoms. The van der Waals surface area contributed by atoms with Gasteiger partial charge in [-0.05, 0) is 26.7 Å². The van der Waals surface area contributed by atoms with E-state index in [9.17, 15) is 4.79 Å². The first-order chi connectivity index (χ1) is 6.03. The van der Waals surface area contributed by atoms with Crippen molar-refractivity contribution in [2.24, 2.45) is 0 Å². The molecule has 0 bridgehead atoms. The van der Waals surface area contributed by atoms with Gasteiger partial charge in [-0.2, -0.15) is 0 Å². The molecule has 0 aromatic carbocycles. The van der Waals surface area contributed by atoms with Crippen LogP contribution in [-0.4, -0.2) is 23.0 Å². The van der Waals surface area contributed by atoms with E-state index in [-0.39, 0.29) is 17.9 Å². The van der Waals surface area contributed by atoms with Gasteiger partial charge in [0, 0.05) is 30.3 Å². The molecular formula is C10H17NO2. The molecule has 13 heavy (non-hydrogen) atoms. The van der Waals surface area contributed by atoms with Gasteiger partial charge < -0.3 is 10.4 Å². The van der Waals surface area contributed by atoms with Gasteiger partial charge in [-0.1, -0.05) is 0 Å². The van der Waals surface area contributed by atoms with Crippen LogP contribution < -0.4 is 5.32 Å². The number of aliphatic hydroxyl groups is 1. The first kappa shape index (κ1) is 10.3. The van der Waals surface area contributed by atoms with Crippen molar-refractivity contribution in [2.75, 3.05) is 6.61 Å². The van der Waals surface area contributed by atoms with Gasteiger partial charge in [0.15, 0.2) is 5.78 Å². The predicted molar refractivity (Wildman–Crippen MR) is 51.2 cm³/mol. The van der Waals surface area contributed by atoms with Crippen LogP contribution in [0.5, 0.6) is 0 Å². The summed E-state index contributed by atoms with van der Waals surface area (Å²) >= 11 is 0. The molecule has 1 rings (SSSR count).